The normalized spacial score (nSPS) is 31.0. The lowest BCUT2D eigenvalue weighted by Crippen LogP contribution is -2.63. The van der Waals surface area contributed by atoms with Gasteiger partial charge in [0.05, 0.1) is 4.75 Å². The van der Waals surface area contributed by atoms with Crippen LogP contribution in [0.5, 0.6) is 0 Å². The van der Waals surface area contributed by atoms with Crippen LogP contribution in [-0.2, 0) is 29.5 Å². The summed E-state index contributed by atoms with van der Waals surface area (Å²) in [6.07, 6.45) is 1.52. The minimum atomic E-state index is -4.11. The van der Waals surface area contributed by atoms with Crippen LogP contribution in [0.25, 0.3) is 0 Å². The van der Waals surface area contributed by atoms with Crippen molar-refractivity contribution in [1.29, 1.82) is 0 Å². The molecule has 1 aliphatic rings. The van der Waals surface area contributed by atoms with E-state index >= 15 is 0 Å². The van der Waals surface area contributed by atoms with Crippen LogP contribution in [0.15, 0.2) is 0 Å². The van der Waals surface area contributed by atoms with Crippen molar-refractivity contribution in [1.82, 2.24) is 0 Å². The molecule has 2 unspecified atom stereocenters. The second-order valence-corrected chi connectivity index (χ2v) is 13.3. The van der Waals surface area contributed by atoms with Crippen molar-refractivity contribution in [2.24, 2.45) is 11.5 Å². The predicted molar refractivity (Wildman–Crippen MR) is 80.9 cm³/mol. The quantitative estimate of drug-likeness (QED) is 0.583. The van der Waals surface area contributed by atoms with Gasteiger partial charge in [0.1, 0.15) is 0 Å². The van der Waals surface area contributed by atoms with Gasteiger partial charge in [-0.3, -0.25) is 0 Å². The van der Waals surface area contributed by atoms with Gasteiger partial charge < -0.3 is 11.5 Å². The van der Waals surface area contributed by atoms with E-state index in [0.29, 0.717) is 0 Å². The Morgan fingerprint density at radius 3 is 1.62 bits per heavy atom. The number of sulfone groups is 3. The maximum absolute atomic E-state index is 12.2. The first-order valence-corrected chi connectivity index (χ1v) is 11.8. The Balaban J connectivity index is 3.72. The summed E-state index contributed by atoms with van der Waals surface area (Å²) in [5.41, 5.74) is 11.4. The molecular weight excluding hydrogens is 340 g/mol. The van der Waals surface area contributed by atoms with Crippen molar-refractivity contribution in [3.8, 4) is 0 Å². The fourth-order valence-electron chi connectivity index (χ4n) is 3.01. The monoisotopic (exact) mass is 362 g/mol. The maximum Gasteiger partial charge on any atom is 0.175 e. The molecule has 11 heteroatoms. The van der Waals surface area contributed by atoms with Crippen LogP contribution in [0, 0.1) is 0 Å². The van der Waals surface area contributed by atoms with Gasteiger partial charge in [0, 0.05) is 37.8 Å². The van der Waals surface area contributed by atoms with Crippen LogP contribution in [0.4, 0.5) is 0 Å². The molecule has 1 fully saturated rings. The van der Waals surface area contributed by atoms with Gasteiger partial charge in [0.2, 0.25) is 0 Å². The molecule has 4 N–H and O–H groups in total. The molecule has 0 aliphatic heterocycles. The zero-order chi connectivity index (χ0) is 16.9. The van der Waals surface area contributed by atoms with E-state index in [9.17, 15) is 25.3 Å². The molecule has 8 nitrogen and oxygen atoms in total. The largest absolute Gasteiger partial charge is 0.329 e. The SMILES string of the molecule is CS(=O)(=O)C1(CN)CC(N)CC(S(C)(=O)=O)(S(C)(=O)=O)C1. The summed E-state index contributed by atoms with van der Waals surface area (Å²) < 4.78 is 69.0. The van der Waals surface area contributed by atoms with Crippen LogP contribution in [0.3, 0.4) is 0 Å². The van der Waals surface area contributed by atoms with Crippen molar-refractivity contribution < 1.29 is 25.3 Å². The highest BCUT2D eigenvalue weighted by Crippen LogP contribution is 2.46. The van der Waals surface area contributed by atoms with Gasteiger partial charge in [0.25, 0.3) is 0 Å². The van der Waals surface area contributed by atoms with Crippen LogP contribution in [0.1, 0.15) is 19.3 Å². The van der Waals surface area contributed by atoms with Crippen LogP contribution < -0.4 is 11.5 Å². The Labute approximate surface area is 126 Å². The molecule has 0 spiro atoms. The fourth-order valence-corrected chi connectivity index (χ4v) is 8.84. The van der Waals surface area contributed by atoms with Crippen molar-refractivity contribution in [2.45, 2.75) is 34.1 Å². The van der Waals surface area contributed by atoms with Crippen LogP contribution in [-0.4, -0.2) is 65.4 Å². The average Bonchev–Trinajstić information content (AvgIpc) is 2.23. The summed E-state index contributed by atoms with van der Waals surface area (Å²) in [5.74, 6) is 0. The molecule has 0 aromatic carbocycles. The molecule has 0 heterocycles. The van der Waals surface area contributed by atoms with E-state index < -0.39 is 50.8 Å². The van der Waals surface area contributed by atoms with E-state index in [-0.39, 0.29) is 19.4 Å². The molecule has 1 saturated carbocycles. The first kappa shape index (κ1) is 18.8. The van der Waals surface area contributed by atoms with Crippen molar-refractivity contribution >= 4 is 29.5 Å². The third kappa shape index (κ3) is 2.98. The van der Waals surface area contributed by atoms with E-state index in [2.05, 4.69) is 0 Å². The van der Waals surface area contributed by atoms with Gasteiger partial charge in [0.15, 0.2) is 33.6 Å². The molecular formula is C10H22N2O6S3. The zero-order valence-corrected chi connectivity index (χ0v) is 14.7. The molecule has 0 radical (unpaired) electrons. The molecule has 126 valence electrons. The van der Waals surface area contributed by atoms with Gasteiger partial charge in [-0.1, -0.05) is 0 Å². The highest BCUT2D eigenvalue weighted by atomic mass is 32.3. The summed E-state index contributed by atoms with van der Waals surface area (Å²) in [5, 5.41) is 0. The second kappa shape index (κ2) is 5.15. The fraction of sp³-hybridized carbons (Fsp3) is 1.00. The number of rotatable bonds is 4. The molecule has 0 aromatic rings. The molecule has 0 aromatic heterocycles. The Morgan fingerprint density at radius 2 is 1.33 bits per heavy atom. The first-order chi connectivity index (χ1) is 9.12. The van der Waals surface area contributed by atoms with E-state index in [1.807, 2.05) is 0 Å². The van der Waals surface area contributed by atoms with Crippen molar-refractivity contribution in [2.75, 3.05) is 25.3 Å². The number of hydrogen-bond acceptors (Lipinski definition) is 8. The smallest absolute Gasteiger partial charge is 0.175 e. The topological polar surface area (TPSA) is 154 Å². The van der Waals surface area contributed by atoms with Gasteiger partial charge >= 0.3 is 0 Å². The highest BCUT2D eigenvalue weighted by Gasteiger charge is 2.61. The van der Waals surface area contributed by atoms with Crippen LogP contribution in [0.2, 0.25) is 0 Å². The third-order valence-electron chi connectivity index (χ3n) is 4.31. The molecule has 1 aliphatic carbocycles. The molecule has 0 amide bonds. The molecule has 0 saturated heterocycles. The summed E-state index contributed by atoms with van der Waals surface area (Å²) in [4.78, 5) is 0. The lowest BCUT2D eigenvalue weighted by Gasteiger charge is -2.46. The van der Waals surface area contributed by atoms with Gasteiger partial charge in [-0.25, -0.2) is 25.3 Å². The predicted octanol–water partition coefficient (Wildman–Crippen LogP) is -1.97. The first-order valence-electron chi connectivity index (χ1n) is 6.16. The van der Waals surface area contributed by atoms with E-state index in [1.54, 1.807) is 0 Å². The van der Waals surface area contributed by atoms with Gasteiger partial charge in [-0.05, 0) is 12.8 Å². The minimum absolute atomic E-state index is 0.0604. The summed E-state index contributed by atoms with van der Waals surface area (Å²) in [7, 11) is -12.0. The summed E-state index contributed by atoms with van der Waals surface area (Å²) in [6.45, 7) is -0.383. The lowest BCUT2D eigenvalue weighted by molar-refractivity contribution is 0.320. The number of nitrogens with two attached hydrogens (primary N) is 2. The van der Waals surface area contributed by atoms with E-state index in [1.165, 1.54) is 0 Å². The highest BCUT2D eigenvalue weighted by molar-refractivity contribution is 8.09. The van der Waals surface area contributed by atoms with Crippen molar-refractivity contribution in [3.05, 3.63) is 0 Å². The lowest BCUT2D eigenvalue weighted by atomic mass is 9.84. The summed E-state index contributed by atoms with van der Waals surface area (Å²) >= 11 is 0. The maximum atomic E-state index is 12.2. The molecule has 2 atom stereocenters. The second-order valence-electron chi connectivity index (χ2n) is 5.96. The molecule has 1 rings (SSSR count). The minimum Gasteiger partial charge on any atom is -0.329 e. The van der Waals surface area contributed by atoms with Gasteiger partial charge in [-0.2, -0.15) is 0 Å². The Kier molecular flexibility index (Phi) is 4.62. The third-order valence-corrected chi connectivity index (χ3v) is 11.5. The van der Waals surface area contributed by atoms with E-state index in [0.717, 1.165) is 18.8 Å². The average molecular weight is 362 g/mol. The Hall–Kier alpha value is -0.230. The molecule has 21 heavy (non-hydrogen) atoms. The zero-order valence-electron chi connectivity index (χ0n) is 12.2. The van der Waals surface area contributed by atoms with Gasteiger partial charge in [-0.15, -0.1) is 0 Å². The van der Waals surface area contributed by atoms with Crippen LogP contribution >= 0.6 is 0 Å². The standard InChI is InChI=1S/C10H22N2O6S3/c1-19(13,14)9(7-11)4-8(12)5-10(6-9,20(2,15)16)21(3,17)18/h8H,4-7,11-12H2,1-3H3. The van der Waals surface area contributed by atoms with Crippen molar-refractivity contribution in [3.63, 3.8) is 0 Å². The van der Waals surface area contributed by atoms with E-state index in [4.69, 9.17) is 11.5 Å². The summed E-state index contributed by atoms with van der Waals surface area (Å²) in [6, 6.07) is -0.888. The Morgan fingerprint density at radius 1 is 0.905 bits per heavy atom. The molecule has 0 bridgehead atoms. The number of hydrogen-bond donors (Lipinski definition) is 2. The Bertz CT molecular complexity index is 693.